The second-order valence-corrected chi connectivity index (χ2v) is 10.8. The Morgan fingerprint density at radius 3 is 1.74 bits per heavy atom. The van der Waals surface area contributed by atoms with Crippen LogP contribution in [0.3, 0.4) is 0 Å². The first-order chi connectivity index (χ1) is 16.7. The minimum absolute atomic E-state index is 0.238. The monoisotopic (exact) mass is 465 g/mol. The molecule has 4 aromatic carbocycles. The van der Waals surface area contributed by atoms with Gasteiger partial charge in [0.1, 0.15) is 6.61 Å². The predicted molar refractivity (Wildman–Crippen MR) is 137 cm³/mol. The highest BCUT2D eigenvalue weighted by atomic mass is 31.2. The normalized spacial score (nSPS) is 16.4. The Labute approximate surface area is 199 Å². The van der Waals surface area contributed by atoms with Gasteiger partial charge in [-0.25, -0.2) is 4.79 Å². The fourth-order valence-corrected chi connectivity index (χ4v) is 7.13. The highest BCUT2D eigenvalue weighted by Gasteiger charge is 2.38. The summed E-state index contributed by atoms with van der Waals surface area (Å²) in [6, 6.07) is 38.1. The topological polar surface area (TPSA) is 46.6 Å². The third-order valence-corrected chi connectivity index (χ3v) is 9.11. The summed E-state index contributed by atoms with van der Waals surface area (Å²) in [6.45, 7) is 0.238. The van der Waals surface area contributed by atoms with E-state index in [1.54, 1.807) is 11.1 Å². The van der Waals surface area contributed by atoms with Crippen LogP contribution in [0.2, 0.25) is 0 Å². The summed E-state index contributed by atoms with van der Waals surface area (Å²) in [5.41, 5.74) is 1.76. The zero-order chi connectivity index (χ0) is 23.4. The minimum Gasteiger partial charge on any atom is -0.447 e. The molecule has 4 aromatic rings. The van der Waals surface area contributed by atoms with E-state index in [1.807, 2.05) is 121 Å². The SMILES string of the molecule is O=C1OC[C@H](c2ccccc2)N1/C=C(\c1ccccc1)P(=O)(c1ccccc1)c1ccccc1. The van der Waals surface area contributed by atoms with E-state index in [4.69, 9.17) is 4.74 Å². The second-order valence-electron chi connectivity index (χ2n) is 8.07. The first-order valence-electron chi connectivity index (χ1n) is 11.2. The fourth-order valence-electron chi connectivity index (χ4n) is 4.29. The molecule has 1 amide bonds. The molecule has 0 bridgehead atoms. The van der Waals surface area contributed by atoms with Gasteiger partial charge in [0.2, 0.25) is 0 Å². The average molecular weight is 465 g/mol. The van der Waals surface area contributed by atoms with E-state index in [0.29, 0.717) is 15.9 Å². The Hall–Kier alpha value is -3.88. The van der Waals surface area contributed by atoms with Crippen LogP contribution < -0.4 is 10.6 Å². The molecule has 1 fully saturated rings. The molecule has 0 unspecified atom stereocenters. The molecule has 0 spiro atoms. The molecule has 1 heterocycles. The quantitative estimate of drug-likeness (QED) is 0.319. The van der Waals surface area contributed by atoms with Crippen molar-refractivity contribution < 1.29 is 14.1 Å². The first kappa shape index (κ1) is 21.9. The summed E-state index contributed by atoms with van der Waals surface area (Å²) >= 11 is 0. The van der Waals surface area contributed by atoms with Gasteiger partial charge in [0.05, 0.1) is 6.04 Å². The first-order valence-corrected chi connectivity index (χ1v) is 12.9. The van der Waals surface area contributed by atoms with Crippen LogP contribution in [0.25, 0.3) is 5.31 Å². The van der Waals surface area contributed by atoms with Crippen molar-refractivity contribution in [2.45, 2.75) is 6.04 Å². The molecule has 1 aliphatic heterocycles. The maximum atomic E-state index is 15.2. The van der Waals surface area contributed by atoms with Gasteiger partial charge in [0.15, 0.2) is 7.14 Å². The van der Waals surface area contributed by atoms with Gasteiger partial charge in [-0.15, -0.1) is 0 Å². The van der Waals surface area contributed by atoms with Crippen LogP contribution in [0, 0.1) is 0 Å². The smallest absolute Gasteiger partial charge is 0.414 e. The highest BCUT2D eigenvalue weighted by Crippen LogP contribution is 2.57. The van der Waals surface area contributed by atoms with Gasteiger partial charge in [-0.3, -0.25) is 4.90 Å². The summed E-state index contributed by atoms with van der Waals surface area (Å²) in [5.74, 6) is 0. The van der Waals surface area contributed by atoms with E-state index in [9.17, 15) is 4.79 Å². The lowest BCUT2D eigenvalue weighted by Gasteiger charge is -2.26. The Morgan fingerprint density at radius 2 is 1.21 bits per heavy atom. The Balaban J connectivity index is 1.75. The summed E-state index contributed by atoms with van der Waals surface area (Å²) in [4.78, 5) is 14.5. The van der Waals surface area contributed by atoms with Gasteiger partial charge >= 0.3 is 6.09 Å². The number of amides is 1. The third-order valence-electron chi connectivity index (χ3n) is 6.01. The molecule has 0 radical (unpaired) electrons. The van der Waals surface area contributed by atoms with Crippen molar-refractivity contribution in [3.63, 3.8) is 0 Å². The van der Waals surface area contributed by atoms with Gasteiger partial charge in [-0.1, -0.05) is 121 Å². The molecule has 0 saturated carbocycles. The standard InChI is InChI=1S/C29H24NO3P/c31-29-30(27(22-33-29)23-13-5-1-6-14-23)21-28(24-15-7-2-8-16-24)34(32,25-17-9-3-10-18-25)26-19-11-4-12-20-26/h1-21,27H,22H2/b28-21+/t27-/m1/s1. The number of rotatable bonds is 6. The molecule has 0 aromatic heterocycles. The molecule has 5 rings (SSSR count). The Bertz CT molecular complexity index is 1300. The maximum absolute atomic E-state index is 15.2. The number of hydrogen-bond donors (Lipinski definition) is 0. The van der Waals surface area contributed by atoms with Crippen molar-refractivity contribution in [2.75, 3.05) is 6.61 Å². The molecule has 4 nitrogen and oxygen atoms in total. The van der Waals surface area contributed by atoms with Gasteiger partial charge in [0.25, 0.3) is 0 Å². The Kier molecular flexibility index (Phi) is 6.16. The lowest BCUT2D eigenvalue weighted by atomic mass is 10.1. The number of carbonyl (C=O) groups is 1. The maximum Gasteiger partial charge on any atom is 0.414 e. The molecule has 0 aliphatic carbocycles. The van der Waals surface area contributed by atoms with Crippen molar-refractivity contribution in [2.24, 2.45) is 0 Å². The zero-order valence-corrected chi connectivity index (χ0v) is 19.4. The van der Waals surface area contributed by atoms with Crippen LogP contribution >= 0.6 is 7.14 Å². The van der Waals surface area contributed by atoms with Crippen molar-refractivity contribution in [3.05, 3.63) is 139 Å². The van der Waals surface area contributed by atoms with Crippen molar-refractivity contribution in [3.8, 4) is 0 Å². The zero-order valence-electron chi connectivity index (χ0n) is 18.5. The van der Waals surface area contributed by atoms with Crippen LogP contribution in [-0.2, 0) is 9.30 Å². The highest BCUT2D eigenvalue weighted by molar-refractivity contribution is 7.87. The number of cyclic esters (lactones) is 1. The molecule has 1 aliphatic rings. The van der Waals surface area contributed by atoms with Crippen molar-refractivity contribution >= 4 is 29.2 Å². The average Bonchev–Trinajstić information content (AvgIpc) is 3.28. The number of hydrogen-bond acceptors (Lipinski definition) is 3. The van der Waals surface area contributed by atoms with E-state index >= 15 is 4.57 Å². The molecule has 0 N–H and O–H groups in total. The molecule has 1 saturated heterocycles. The lowest BCUT2D eigenvalue weighted by molar-refractivity contribution is 0.166. The molecular weight excluding hydrogens is 441 g/mol. The molecule has 5 heteroatoms. The molecular formula is C29H24NO3P. The number of carbonyl (C=O) groups excluding carboxylic acids is 1. The van der Waals surface area contributed by atoms with Crippen molar-refractivity contribution in [1.82, 2.24) is 4.90 Å². The molecule has 1 atom stereocenters. The summed E-state index contributed by atoms with van der Waals surface area (Å²) in [7, 11) is -3.34. The number of nitrogens with zero attached hydrogens (tertiary/aromatic N) is 1. The van der Waals surface area contributed by atoms with Gasteiger partial charge in [-0.2, -0.15) is 0 Å². The number of ether oxygens (including phenoxy) is 1. The van der Waals surface area contributed by atoms with Crippen molar-refractivity contribution in [1.29, 1.82) is 0 Å². The van der Waals surface area contributed by atoms with Gasteiger partial charge in [-0.05, 0) is 11.1 Å². The summed E-state index contributed by atoms with van der Waals surface area (Å²) < 4.78 is 20.7. The van der Waals surface area contributed by atoms with Crippen LogP contribution in [0.15, 0.2) is 128 Å². The van der Waals surface area contributed by atoms with Crippen LogP contribution in [0.4, 0.5) is 4.79 Å². The summed E-state index contributed by atoms with van der Waals surface area (Å²) in [6.07, 6.45) is 1.29. The molecule has 168 valence electrons. The van der Waals surface area contributed by atoms with E-state index in [-0.39, 0.29) is 12.6 Å². The van der Waals surface area contributed by atoms with Gasteiger partial charge in [0, 0.05) is 22.1 Å². The predicted octanol–water partition coefficient (Wildman–Crippen LogP) is 6.19. The summed E-state index contributed by atoms with van der Waals surface area (Å²) in [5, 5.41) is 2.01. The van der Waals surface area contributed by atoms with E-state index < -0.39 is 13.2 Å². The van der Waals surface area contributed by atoms with E-state index in [1.165, 1.54) is 0 Å². The Morgan fingerprint density at radius 1 is 0.735 bits per heavy atom. The second kappa shape index (κ2) is 9.54. The fraction of sp³-hybridized carbons (Fsp3) is 0.0690. The van der Waals surface area contributed by atoms with Crippen LogP contribution in [0.1, 0.15) is 17.2 Å². The van der Waals surface area contributed by atoms with Crippen LogP contribution in [-0.4, -0.2) is 17.6 Å². The van der Waals surface area contributed by atoms with E-state index in [0.717, 1.165) is 11.1 Å². The molecule has 34 heavy (non-hydrogen) atoms. The number of benzene rings is 4. The third kappa shape index (κ3) is 4.09. The minimum atomic E-state index is -3.34. The largest absolute Gasteiger partial charge is 0.447 e. The van der Waals surface area contributed by atoms with E-state index in [2.05, 4.69) is 0 Å². The van der Waals surface area contributed by atoms with Crippen LogP contribution in [0.5, 0.6) is 0 Å². The van der Waals surface area contributed by atoms with Gasteiger partial charge < -0.3 is 9.30 Å². The lowest BCUT2D eigenvalue weighted by Crippen LogP contribution is -2.24.